The van der Waals surface area contributed by atoms with E-state index in [1.165, 1.54) is 6.92 Å². The van der Waals surface area contributed by atoms with Crippen molar-refractivity contribution in [3.8, 4) is 0 Å². The Labute approximate surface area is 116 Å². The maximum atomic E-state index is 11.8. The zero-order valence-corrected chi connectivity index (χ0v) is 12.4. The SMILES string of the molecule is Cc1cc(Br)ccc1NC(=O)C(C)(Br)C(=O)O. The van der Waals surface area contributed by atoms with Crippen LogP contribution in [0.3, 0.4) is 0 Å². The van der Waals surface area contributed by atoms with Gasteiger partial charge in [-0.2, -0.15) is 0 Å². The molecule has 4 nitrogen and oxygen atoms in total. The van der Waals surface area contributed by atoms with Crippen molar-refractivity contribution in [1.82, 2.24) is 0 Å². The first-order valence-corrected chi connectivity index (χ1v) is 6.33. The third-order valence-electron chi connectivity index (χ3n) is 2.26. The van der Waals surface area contributed by atoms with Crippen molar-refractivity contribution in [3.63, 3.8) is 0 Å². The van der Waals surface area contributed by atoms with Gasteiger partial charge >= 0.3 is 5.97 Å². The molecule has 1 aromatic rings. The number of carbonyl (C=O) groups is 2. The Kier molecular flexibility index (Phi) is 4.32. The summed E-state index contributed by atoms with van der Waals surface area (Å²) in [5, 5.41) is 11.5. The lowest BCUT2D eigenvalue weighted by molar-refractivity contribution is -0.142. The number of carbonyl (C=O) groups excluding carboxylic acids is 1. The molecule has 0 bridgehead atoms. The predicted molar refractivity (Wildman–Crippen MR) is 72.5 cm³/mol. The van der Waals surface area contributed by atoms with Crippen molar-refractivity contribution in [3.05, 3.63) is 28.2 Å². The lowest BCUT2D eigenvalue weighted by Crippen LogP contribution is -2.41. The fourth-order valence-corrected chi connectivity index (χ4v) is 1.68. The second-order valence-corrected chi connectivity index (χ2v) is 6.22. The summed E-state index contributed by atoms with van der Waals surface area (Å²) in [6.45, 7) is 3.12. The first-order valence-electron chi connectivity index (χ1n) is 4.75. The van der Waals surface area contributed by atoms with Gasteiger partial charge in [-0.1, -0.05) is 31.9 Å². The highest BCUT2D eigenvalue weighted by Gasteiger charge is 2.38. The summed E-state index contributed by atoms with van der Waals surface area (Å²) in [7, 11) is 0. The Balaban J connectivity index is 2.92. The summed E-state index contributed by atoms with van der Waals surface area (Å²) >= 11 is 6.20. The number of hydrogen-bond donors (Lipinski definition) is 2. The summed E-state index contributed by atoms with van der Waals surface area (Å²) in [6, 6.07) is 5.32. The van der Waals surface area contributed by atoms with Gasteiger partial charge in [0, 0.05) is 10.2 Å². The maximum absolute atomic E-state index is 11.8. The largest absolute Gasteiger partial charge is 0.480 e. The smallest absolute Gasteiger partial charge is 0.329 e. The van der Waals surface area contributed by atoms with E-state index in [9.17, 15) is 9.59 Å². The van der Waals surface area contributed by atoms with E-state index >= 15 is 0 Å². The second kappa shape index (κ2) is 5.18. The number of rotatable bonds is 3. The Morgan fingerprint density at radius 3 is 2.47 bits per heavy atom. The lowest BCUT2D eigenvalue weighted by atomic mass is 10.1. The van der Waals surface area contributed by atoms with Crippen LogP contribution in [0, 0.1) is 6.92 Å². The van der Waals surface area contributed by atoms with Crippen LogP contribution in [-0.4, -0.2) is 21.3 Å². The predicted octanol–water partition coefficient (Wildman–Crippen LogP) is 2.93. The third kappa shape index (κ3) is 3.29. The number of aliphatic carboxylic acids is 1. The molecule has 17 heavy (non-hydrogen) atoms. The Morgan fingerprint density at radius 2 is 2.00 bits per heavy atom. The first kappa shape index (κ1) is 14.2. The highest BCUT2D eigenvalue weighted by Crippen LogP contribution is 2.24. The first-order chi connectivity index (χ1) is 7.75. The van der Waals surface area contributed by atoms with E-state index in [0.29, 0.717) is 5.69 Å². The third-order valence-corrected chi connectivity index (χ3v) is 3.46. The molecule has 1 aromatic carbocycles. The number of anilines is 1. The number of benzene rings is 1. The summed E-state index contributed by atoms with van der Waals surface area (Å²) in [5.41, 5.74) is 1.44. The van der Waals surface area contributed by atoms with Crippen LogP contribution in [0.25, 0.3) is 0 Å². The van der Waals surface area contributed by atoms with Crippen LogP contribution < -0.4 is 5.32 Å². The molecule has 0 saturated heterocycles. The van der Waals surface area contributed by atoms with Gasteiger partial charge in [0.25, 0.3) is 5.91 Å². The number of carboxylic acids is 1. The number of hydrogen-bond acceptors (Lipinski definition) is 2. The quantitative estimate of drug-likeness (QED) is 0.640. The minimum atomic E-state index is -1.63. The van der Waals surface area contributed by atoms with Gasteiger partial charge in [0.05, 0.1) is 0 Å². The molecule has 0 aliphatic carbocycles. The van der Waals surface area contributed by atoms with Crippen molar-refractivity contribution in [2.45, 2.75) is 18.2 Å². The molecule has 1 rings (SSSR count). The van der Waals surface area contributed by atoms with Gasteiger partial charge in [-0.05, 0) is 37.6 Å². The number of alkyl halides is 1. The zero-order valence-electron chi connectivity index (χ0n) is 9.25. The topological polar surface area (TPSA) is 66.4 Å². The fraction of sp³-hybridized carbons (Fsp3) is 0.273. The molecule has 0 aliphatic rings. The average Bonchev–Trinajstić information content (AvgIpc) is 2.21. The molecule has 0 aromatic heterocycles. The second-order valence-electron chi connectivity index (χ2n) is 3.72. The molecule has 0 spiro atoms. The van der Waals surface area contributed by atoms with E-state index in [1.54, 1.807) is 12.1 Å². The van der Waals surface area contributed by atoms with E-state index in [-0.39, 0.29) is 0 Å². The summed E-state index contributed by atoms with van der Waals surface area (Å²) in [5.74, 6) is -1.85. The van der Waals surface area contributed by atoms with Crippen LogP contribution in [0.2, 0.25) is 0 Å². The molecule has 1 unspecified atom stereocenters. The number of carboxylic acid groups (broad SMARTS) is 1. The van der Waals surface area contributed by atoms with Gasteiger partial charge in [0.1, 0.15) is 0 Å². The van der Waals surface area contributed by atoms with Gasteiger partial charge in [0.15, 0.2) is 4.32 Å². The van der Waals surface area contributed by atoms with E-state index in [2.05, 4.69) is 37.2 Å². The molecule has 0 heterocycles. The molecule has 0 aliphatic heterocycles. The molecule has 0 radical (unpaired) electrons. The van der Waals surface area contributed by atoms with Crippen molar-refractivity contribution in [1.29, 1.82) is 0 Å². The summed E-state index contributed by atoms with van der Waals surface area (Å²) in [4.78, 5) is 22.6. The number of nitrogens with one attached hydrogen (secondary N) is 1. The molecule has 92 valence electrons. The summed E-state index contributed by atoms with van der Waals surface area (Å²) in [6.07, 6.45) is 0. The Bertz CT molecular complexity index is 472. The van der Waals surface area contributed by atoms with E-state index in [4.69, 9.17) is 5.11 Å². The zero-order chi connectivity index (χ0) is 13.2. The van der Waals surface area contributed by atoms with Crippen LogP contribution in [0.15, 0.2) is 22.7 Å². The standard InChI is InChI=1S/C11H11Br2NO3/c1-6-5-7(12)3-4-8(6)14-9(15)11(2,13)10(16)17/h3-5H,1-2H3,(H,14,15)(H,16,17). The number of amides is 1. The molecule has 6 heteroatoms. The maximum Gasteiger partial charge on any atom is 0.329 e. The molecule has 1 atom stereocenters. The van der Waals surface area contributed by atoms with Crippen molar-refractivity contribution < 1.29 is 14.7 Å². The van der Waals surface area contributed by atoms with Gasteiger partial charge < -0.3 is 10.4 Å². The molecule has 0 saturated carbocycles. The lowest BCUT2D eigenvalue weighted by Gasteiger charge is -2.17. The molecular formula is C11H11Br2NO3. The van der Waals surface area contributed by atoms with Crippen molar-refractivity contribution in [2.24, 2.45) is 0 Å². The van der Waals surface area contributed by atoms with E-state index in [1.807, 2.05) is 13.0 Å². The van der Waals surface area contributed by atoms with Gasteiger partial charge in [-0.15, -0.1) is 0 Å². The van der Waals surface area contributed by atoms with Crippen molar-refractivity contribution in [2.75, 3.05) is 5.32 Å². The van der Waals surface area contributed by atoms with Crippen LogP contribution >= 0.6 is 31.9 Å². The Hall–Kier alpha value is -0.880. The van der Waals surface area contributed by atoms with Crippen LogP contribution in [-0.2, 0) is 9.59 Å². The molecule has 1 amide bonds. The van der Waals surface area contributed by atoms with Gasteiger partial charge in [-0.3, -0.25) is 9.59 Å². The van der Waals surface area contributed by atoms with Crippen LogP contribution in [0.1, 0.15) is 12.5 Å². The van der Waals surface area contributed by atoms with Gasteiger partial charge in [-0.25, -0.2) is 0 Å². The van der Waals surface area contributed by atoms with E-state index in [0.717, 1.165) is 10.0 Å². The fourth-order valence-electron chi connectivity index (χ4n) is 1.10. The monoisotopic (exact) mass is 363 g/mol. The van der Waals surface area contributed by atoms with E-state index < -0.39 is 16.2 Å². The van der Waals surface area contributed by atoms with Gasteiger partial charge in [0.2, 0.25) is 0 Å². The number of halogens is 2. The van der Waals surface area contributed by atoms with Crippen LogP contribution in [0.5, 0.6) is 0 Å². The molecular weight excluding hydrogens is 354 g/mol. The summed E-state index contributed by atoms with van der Waals surface area (Å²) < 4.78 is -0.736. The molecule has 2 N–H and O–H groups in total. The minimum Gasteiger partial charge on any atom is -0.480 e. The van der Waals surface area contributed by atoms with Crippen LogP contribution in [0.4, 0.5) is 5.69 Å². The normalized spacial score (nSPS) is 13.9. The number of aryl methyl sites for hydroxylation is 1. The highest BCUT2D eigenvalue weighted by atomic mass is 79.9. The van der Waals surface area contributed by atoms with Crippen molar-refractivity contribution >= 4 is 49.4 Å². The average molecular weight is 365 g/mol. The highest BCUT2D eigenvalue weighted by molar-refractivity contribution is 9.10. The minimum absolute atomic E-state index is 0.588. The molecule has 0 fully saturated rings. The Morgan fingerprint density at radius 1 is 1.41 bits per heavy atom.